The molecule has 0 aliphatic heterocycles. The monoisotopic (exact) mass is 387 g/mol. The Labute approximate surface area is 161 Å². The van der Waals surface area contributed by atoms with Crippen LogP contribution < -0.4 is 14.8 Å². The molecule has 0 aliphatic rings. The molecule has 142 valence electrons. The number of hydrogen-bond donors (Lipinski definition) is 1. The van der Waals surface area contributed by atoms with E-state index in [0.717, 1.165) is 15.2 Å². The van der Waals surface area contributed by atoms with Gasteiger partial charge in [-0.1, -0.05) is 12.1 Å². The zero-order valence-electron chi connectivity index (χ0n) is 15.6. The fraction of sp³-hybridized carbons (Fsp3) is 0.333. The van der Waals surface area contributed by atoms with Crippen LogP contribution in [0.25, 0.3) is 10.2 Å². The molecule has 0 saturated carbocycles. The number of likely N-dealkylation sites (N-methyl/N-ethyl adjacent to an activating group) is 1. The van der Waals surface area contributed by atoms with Crippen molar-refractivity contribution >= 4 is 33.4 Å². The zero-order valence-corrected chi connectivity index (χ0v) is 16.4. The highest BCUT2D eigenvalue weighted by molar-refractivity contribution is 7.18. The van der Waals surface area contributed by atoms with Crippen molar-refractivity contribution in [2.24, 2.45) is 0 Å². The minimum Gasteiger partial charge on any atom is -0.481 e. The third-order valence-electron chi connectivity index (χ3n) is 4.07. The van der Waals surface area contributed by atoms with Crippen LogP contribution in [-0.2, 0) is 4.79 Å². The molecule has 0 saturated heterocycles. The van der Waals surface area contributed by atoms with Crippen molar-refractivity contribution in [2.75, 3.05) is 33.1 Å². The number of thiazole rings is 1. The molecule has 0 spiro atoms. The molecule has 1 unspecified atom stereocenters. The van der Waals surface area contributed by atoms with Crippen LogP contribution >= 0.6 is 11.3 Å². The predicted octanol–water partition coefficient (Wildman–Crippen LogP) is 2.74. The van der Waals surface area contributed by atoms with Gasteiger partial charge in [0.15, 0.2) is 0 Å². The highest BCUT2D eigenvalue weighted by Crippen LogP contribution is 2.28. The van der Waals surface area contributed by atoms with Gasteiger partial charge in [0.2, 0.25) is 23.6 Å². The smallest absolute Gasteiger partial charge is 0.240 e. The van der Waals surface area contributed by atoms with Gasteiger partial charge in [-0.2, -0.15) is 9.97 Å². The fourth-order valence-electron chi connectivity index (χ4n) is 2.45. The van der Waals surface area contributed by atoms with Gasteiger partial charge in [0.05, 0.1) is 43.1 Å². The van der Waals surface area contributed by atoms with E-state index in [1.165, 1.54) is 20.3 Å². The first-order chi connectivity index (χ1) is 13.0. The van der Waals surface area contributed by atoms with E-state index in [1.54, 1.807) is 11.3 Å². The molecule has 0 fully saturated rings. The SMILES string of the molecule is COc1cc(OC)nc(NC(=O)CN(C)C(C)c2nc3ccccc3s2)n1. The van der Waals surface area contributed by atoms with E-state index in [2.05, 4.69) is 20.3 Å². The van der Waals surface area contributed by atoms with Crippen LogP contribution in [0.15, 0.2) is 30.3 Å². The quantitative estimate of drug-likeness (QED) is 0.667. The number of nitrogens with one attached hydrogen (secondary N) is 1. The molecule has 1 amide bonds. The number of para-hydroxylation sites is 1. The van der Waals surface area contributed by atoms with Crippen molar-refractivity contribution in [3.05, 3.63) is 35.3 Å². The van der Waals surface area contributed by atoms with Gasteiger partial charge < -0.3 is 9.47 Å². The maximum absolute atomic E-state index is 12.4. The number of rotatable bonds is 7. The van der Waals surface area contributed by atoms with Gasteiger partial charge in [-0.25, -0.2) is 4.98 Å². The van der Waals surface area contributed by atoms with Crippen molar-refractivity contribution in [1.82, 2.24) is 19.9 Å². The Morgan fingerprint density at radius 1 is 1.19 bits per heavy atom. The second kappa shape index (κ2) is 8.28. The molecule has 2 aromatic heterocycles. The number of benzene rings is 1. The summed E-state index contributed by atoms with van der Waals surface area (Å²) >= 11 is 1.63. The van der Waals surface area contributed by atoms with E-state index in [0.29, 0.717) is 11.8 Å². The van der Waals surface area contributed by atoms with Gasteiger partial charge in [0.25, 0.3) is 0 Å². The Balaban J connectivity index is 1.66. The molecule has 3 aromatic rings. The molecular formula is C18H21N5O3S. The van der Waals surface area contributed by atoms with E-state index >= 15 is 0 Å². The maximum Gasteiger partial charge on any atom is 0.240 e. The Morgan fingerprint density at radius 3 is 2.48 bits per heavy atom. The number of carbonyl (C=O) groups excluding carboxylic acids is 1. The van der Waals surface area contributed by atoms with E-state index in [4.69, 9.17) is 9.47 Å². The largest absolute Gasteiger partial charge is 0.481 e. The summed E-state index contributed by atoms with van der Waals surface area (Å²) in [4.78, 5) is 27.2. The molecule has 3 rings (SSSR count). The fourth-order valence-corrected chi connectivity index (χ4v) is 3.54. The highest BCUT2D eigenvalue weighted by Gasteiger charge is 2.19. The molecule has 1 aromatic carbocycles. The number of nitrogens with zero attached hydrogens (tertiary/aromatic N) is 4. The number of carbonyl (C=O) groups is 1. The number of anilines is 1. The molecular weight excluding hydrogens is 366 g/mol. The summed E-state index contributed by atoms with van der Waals surface area (Å²) in [7, 11) is 4.85. The van der Waals surface area contributed by atoms with Crippen LogP contribution in [0.2, 0.25) is 0 Å². The van der Waals surface area contributed by atoms with Crippen LogP contribution in [0.5, 0.6) is 11.8 Å². The number of hydrogen-bond acceptors (Lipinski definition) is 8. The molecule has 0 radical (unpaired) electrons. The molecule has 8 nitrogen and oxygen atoms in total. The average molecular weight is 387 g/mol. The van der Waals surface area contributed by atoms with Crippen molar-refractivity contribution in [1.29, 1.82) is 0 Å². The summed E-state index contributed by atoms with van der Waals surface area (Å²) in [6.45, 7) is 2.19. The second-order valence-corrected chi connectivity index (χ2v) is 7.00. The van der Waals surface area contributed by atoms with Crippen molar-refractivity contribution < 1.29 is 14.3 Å². The molecule has 1 atom stereocenters. The number of amides is 1. The molecule has 2 heterocycles. The van der Waals surface area contributed by atoms with Crippen LogP contribution in [0.4, 0.5) is 5.95 Å². The van der Waals surface area contributed by atoms with Gasteiger partial charge in [-0.3, -0.25) is 15.0 Å². The lowest BCUT2D eigenvalue weighted by Gasteiger charge is -2.22. The van der Waals surface area contributed by atoms with Crippen LogP contribution in [0.1, 0.15) is 18.0 Å². The Kier molecular flexibility index (Phi) is 5.82. The third-order valence-corrected chi connectivity index (χ3v) is 5.28. The highest BCUT2D eigenvalue weighted by atomic mass is 32.1. The topological polar surface area (TPSA) is 89.5 Å². The summed E-state index contributed by atoms with van der Waals surface area (Å²) < 4.78 is 11.3. The van der Waals surface area contributed by atoms with Gasteiger partial charge in [0.1, 0.15) is 5.01 Å². The minimum absolute atomic E-state index is 0.00564. The lowest BCUT2D eigenvalue weighted by Crippen LogP contribution is -2.32. The van der Waals surface area contributed by atoms with Gasteiger partial charge in [-0.15, -0.1) is 11.3 Å². The van der Waals surface area contributed by atoms with Gasteiger partial charge in [-0.05, 0) is 26.1 Å². The first kappa shape index (κ1) is 19.0. The molecule has 1 N–H and O–H groups in total. The Hall–Kier alpha value is -2.78. The summed E-state index contributed by atoms with van der Waals surface area (Å²) in [6, 6.07) is 9.53. The number of ether oxygens (including phenoxy) is 2. The normalized spacial score (nSPS) is 12.2. The van der Waals surface area contributed by atoms with Crippen LogP contribution in [-0.4, -0.2) is 53.6 Å². The van der Waals surface area contributed by atoms with Crippen molar-refractivity contribution in [3.8, 4) is 11.8 Å². The van der Waals surface area contributed by atoms with Gasteiger partial charge >= 0.3 is 0 Å². The van der Waals surface area contributed by atoms with Crippen molar-refractivity contribution in [3.63, 3.8) is 0 Å². The average Bonchev–Trinajstić information content (AvgIpc) is 3.10. The van der Waals surface area contributed by atoms with E-state index in [1.807, 2.05) is 43.1 Å². The summed E-state index contributed by atoms with van der Waals surface area (Å²) in [6.07, 6.45) is 0. The Morgan fingerprint density at radius 2 is 1.85 bits per heavy atom. The maximum atomic E-state index is 12.4. The van der Waals surface area contributed by atoms with E-state index in [-0.39, 0.29) is 24.4 Å². The molecule has 9 heteroatoms. The third kappa shape index (κ3) is 4.50. The minimum atomic E-state index is -0.235. The number of methoxy groups -OCH3 is 2. The lowest BCUT2D eigenvalue weighted by atomic mass is 10.3. The van der Waals surface area contributed by atoms with E-state index in [9.17, 15) is 4.79 Å². The number of aromatic nitrogens is 3. The van der Waals surface area contributed by atoms with Crippen molar-refractivity contribution in [2.45, 2.75) is 13.0 Å². The number of fused-ring (bicyclic) bond motifs is 1. The zero-order chi connectivity index (χ0) is 19.4. The Bertz CT molecular complexity index is 890. The lowest BCUT2D eigenvalue weighted by molar-refractivity contribution is -0.117. The van der Waals surface area contributed by atoms with E-state index < -0.39 is 0 Å². The van der Waals surface area contributed by atoms with Crippen LogP contribution in [0, 0.1) is 0 Å². The molecule has 27 heavy (non-hydrogen) atoms. The molecule has 0 bridgehead atoms. The van der Waals surface area contributed by atoms with Gasteiger partial charge in [0, 0.05) is 0 Å². The summed E-state index contributed by atoms with van der Waals surface area (Å²) in [5.74, 6) is 0.528. The summed E-state index contributed by atoms with van der Waals surface area (Å²) in [5, 5.41) is 3.64. The summed E-state index contributed by atoms with van der Waals surface area (Å²) in [5.41, 5.74) is 0.971. The second-order valence-electron chi connectivity index (χ2n) is 5.94. The van der Waals surface area contributed by atoms with Crippen LogP contribution in [0.3, 0.4) is 0 Å². The standard InChI is InChI=1S/C18H21N5O3S/c1-11(17-19-12-7-5-6-8-13(12)27-17)23(2)10-14(24)20-18-21-15(25-3)9-16(22-18)26-4/h5-9,11H,10H2,1-4H3,(H,20,21,22,24). The predicted molar refractivity (Wildman–Crippen MR) is 104 cm³/mol. The first-order valence-electron chi connectivity index (χ1n) is 8.32. The molecule has 0 aliphatic carbocycles. The first-order valence-corrected chi connectivity index (χ1v) is 9.14.